The van der Waals surface area contributed by atoms with Gasteiger partial charge in [0.05, 0.1) is 6.26 Å². The Morgan fingerprint density at radius 1 is 1.00 bits per heavy atom. The lowest BCUT2D eigenvalue weighted by molar-refractivity contribution is 0.0717. The molecule has 3 heteroatoms. The summed E-state index contributed by atoms with van der Waals surface area (Å²) in [4.78, 5) is 14.3. The van der Waals surface area contributed by atoms with Crippen LogP contribution in [0, 0.1) is 0 Å². The van der Waals surface area contributed by atoms with Crippen LogP contribution in [0.2, 0.25) is 0 Å². The first-order valence-corrected chi connectivity index (χ1v) is 8.12. The fourth-order valence-corrected chi connectivity index (χ4v) is 2.33. The lowest BCUT2D eigenvalue weighted by Gasteiger charge is -2.21. The molecule has 1 heterocycles. The van der Waals surface area contributed by atoms with E-state index in [0.717, 1.165) is 25.9 Å². The molecule has 20 heavy (non-hydrogen) atoms. The third kappa shape index (κ3) is 6.27. The summed E-state index contributed by atoms with van der Waals surface area (Å²) in [6, 6.07) is 3.53. The Bertz CT molecular complexity index is 334. The van der Waals surface area contributed by atoms with Crippen LogP contribution in [-0.2, 0) is 0 Å². The van der Waals surface area contributed by atoms with Crippen LogP contribution in [0.1, 0.15) is 75.8 Å². The zero-order valence-corrected chi connectivity index (χ0v) is 13.1. The van der Waals surface area contributed by atoms with E-state index >= 15 is 0 Å². The quantitative estimate of drug-likeness (QED) is 0.541. The van der Waals surface area contributed by atoms with Gasteiger partial charge >= 0.3 is 0 Å². The molecule has 114 valence electrons. The van der Waals surface area contributed by atoms with Crippen LogP contribution in [0.25, 0.3) is 0 Å². The summed E-state index contributed by atoms with van der Waals surface area (Å²) in [7, 11) is 0. The van der Waals surface area contributed by atoms with Gasteiger partial charge in [-0.3, -0.25) is 4.79 Å². The number of hydrogen-bond acceptors (Lipinski definition) is 2. The van der Waals surface area contributed by atoms with Gasteiger partial charge in [0.15, 0.2) is 5.76 Å². The molecule has 0 unspecified atom stereocenters. The predicted octanol–water partition coefficient (Wildman–Crippen LogP) is 4.88. The van der Waals surface area contributed by atoms with Crippen molar-refractivity contribution in [2.45, 2.75) is 65.2 Å². The van der Waals surface area contributed by atoms with E-state index in [0.29, 0.717) is 5.76 Å². The Labute approximate surface area is 123 Å². The van der Waals surface area contributed by atoms with Gasteiger partial charge in [-0.25, -0.2) is 0 Å². The molecule has 0 fully saturated rings. The summed E-state index contributed by atoms with van der Waals surface area (Å²) >= 11 is 0. The molecule has 3 nitrogen and oxygen atoms in total. The van der Waals surface area contributed by atoms with Gasteiger partial charge in [0.2, 0.25) is 0 Å². The highest BCUT2D eigenvalue weighted by molar-refractivity contribution is 5.91. The molecule has 1 rings (SSSR count). The molecule has 0 aliphatic carbocycles. The average Bonchev–Trinajstić information content (AvgIpc) is 2.99. The number of carbonyl (C=O) groups is 1. The van der Waals surface area contributed by atoms with Crippen molar-refractivity contribution in [3.8, 4) is 0 Å². The minimum Gasteiger partial charge on any atom is -0.459 e. The highest BCUT2D eigenvalue weighted by Gasteiger charge is 2.17. The van der Waals surface area contributed by atoms with Crippen LogP contribution in [0.15, 0.2) is 22.8 Å². The fourth-order valence-electron chi connectivity index (χ4n) is 2.33. The van der Waals surface area contributed by atoms with Gasteiger partial charge in [-0.2, -0.15) is 0 Å². The standard InChI is InChI=1S/C17H29NO2/c1-3-5-7-9-13-18(14-10-8-6-4-2)17(19)16-12-11-15-20-16/h11-12,15H,3-10,13-14H2,1-2H3. The van der Waals surface area contributed by atoms with Gasteiger partial charge in [-0.05, 0) is 25.0 Å². The van der Waals surface area contributed by atoms with E-state index in [2.05, 4.69) is 13.8 Å². The van der Waals surface area contributed by atoms with Gasteiger partial charge < -0.3 is 9.32 Å². The number of furan rings is 1. The molecule has 0 radical (unpaired) electrons. The van der Waals surface area contributed by atoms with E-state index < -0.39 is 0 Å². The van der Waals surface area contributed by atoms with Gasteiger partial charge in [-0.1, -0.05) is 52.4 Å². The largest absolute Gasteiger partial charge is 0.459 e. The fraction of sp³-hybridized carbons (Fsp3) is 0.706. The Balaban J connectivity index is 2.43. The average molecular weight is 279 g/mol. The Morgan fingerprint density at radius 2 is 1.60 bits per heavy atom. The van der Waals surface area contributed by atoms with Crippen LogP contribution in [0.4, 0.5) is 0 Å². The van der Waals surface area contributed by atoms with Crippen LogP contribution in [0.3, 0.4) is 0 Å². The number of carbonyl (C=O) groups excluding carboxylic acids is 1. The van der Waals surface area contributed by atoms with Gasteiger partial charge in [0.25, 0.3) is 5.91 Å². The zero-order valence-electron chi connectivity index (χ0n) is 13.1. The second kappa shape index (κ2) is 10.5. The van der Waals surface area contributed by atoms with Gasteiger partial charge in [0.1, 0.15) is 0 Å². The number of nitrogens with zero attached hydrogens (tertiary/aromatic N) is 1. The summed E-state index contributed by atoms with van der Waals surface area (Å²) in [6.45, 7) is 6.12. The van der Waals surface area contributed by atoms with Gasteiger partial charge in [0, 0.05) is 13.1 Å². The summed E-state index contributed by atoms with van der Waals surface area (Å²) < 4.78 is 5.24. The molecule has 1 aromatic rings. The van der Waals surface area contributed by atoms with Gasteiger partial charge in [-0.15, -0.1) is 0 Å². The number of amides is 1. The van der Waals surface area contributed by atoms with Crippen molar-refractivity contribution in [1.82, 2.24) is 4.90 Å². The maximum Gasteiger partial charge on any atom is 0.289 e. The SMILES string of the molecule is CCCCCCN(CCCCCC)C(=O)c1ccco1. The lowest BCUT2D eigenvalue weighted by atomic mass is 10.1. The zero-order chi connectivity index (χ0) is 14.6. The summed E-state index contributed by atoms with van der Waals surface area (Å²) in [5.74, 6) is 0.513. The minimum atomic E-state index is 0.0444. The Hall–Kier alpha value is -1.25. The molecule has 1 amide bonds. The summed E-state index contributed by atoms with van der Waals surface area (Å²) in [6.07, 6.45) is 11.1. The van der Waals surface area contributed by atoms with Crippen molar-refractivity contribution >= 4 is 5.91 Å². The van der Waals surface area contributed by atoms with Crippen LogP contribution >= 0.6 is 0 Å². The van der Waals surface area contributed by atoms with E-state index in [4.69, 9.17) is 4.42 Å². The van der Waals surface area contributed by atoms with Crippen molar-refractivity contribution in [1.29, 1.82) is 0 Å². The molecule has 0 aliphatic heterocycles. The molecule has 0 saturated carbocycles. The van der Waals surface area contributed by atoms with E-state index in [1.54, 1.807) is 18.4 Å². The molecule has 0 saturated heterocycles. The third-order valence-electron chi connectivity index (χ3n) is 3.58. The van der Waals surface area contributed by atoms with E-state index in [-0.39, 0.29) is 5.91 Å². The molecular formula is C17H29NO2. The molecule has 0 aliphatic rings. The first-order valence-electron chi connectivity index (χ1n) is 8.12. The van der Waals surface area contributed by atoms with Crippen molar-refractivity contribution in [3.05, 3.63) is 24.2 Å². The smallest absolute Gasteiger partial charge is 0.289 e. The number of hydrogen-bond donors (Lipinski definition) is 0. The summed E-state index contributed by atoms with van der Waals surface area (Å²) in [5, 5.41) is 0. The van der Waals surface area contributed by atoms with Crippen LogP contribution < -0.4 is 0 Å². The van der Waals surface area contributed by atoms with Crippen molar-refractivity contribution in [2.75, 3.05) is 13.1 Å². The normalized spacial score (nSPS) is 10.7. The first-order chi connectivity index (χ1) is 9.79. The first kappa shape index (κ1) is 16.8. The highest BCUT2D eigenvalue weighted by Crippen LogP contribution is 2.10. The molecular weight excluding hydrogens is 250 g/mol. The van der Waals surface area contributed by atoms with Crippen LogP contribution in [-0.4, -0.2) is 23.9 Å². The lowest BCUT2D eigenvalue weighted by Crippen LogP contribution is -2.32. The second-order valence-electron chi connectivity index (χ2n) is 5.39. The predicted molar refractivity (Wildman–Crippen MR) is 82.9 cm³/mol. The Morgan fingerprint density at radius 3 is 2.05 bits per heavy atom. The maximum atomic E-state index is 12.4. The topological polar surface area (TPSA) is 33.5 Å². The minimum absolute atomic E-state index is 0.0444. The number of unbranched alkanes of at least 4 members (excludes halogenated alkanes) is 6. The van der Waals surface area contributed by atoms with Crippen LogP contribution in [0.5, 0.6) is 0 Å². The Kier molecular flexibility index (Phi) is 8.84. The molecule has 1 aromatic heterocycles. The summed E-state index contributed by atoms with van der Waals surface area (Å²) in [5.41, 5.74) is 0. The maximum absolute atomic E-state index is 12.4. The van der Waals surface area contributed by atoms with E-state index in [1.165, 1.54) is 38.5 Å². The number of rotatable bonds is 11. The van der Waals surface area contributed by atoms with Crippen molar-refractivity contribution < 1.29 is 9.21 Å². The van der Waals surface area contributed by atoms with E-state index in [1.807, 2.05) is 4.90 Å². The monoisotopic (exact) mass is 279 g/mol. The van der Waals surface area contributed by atoms with E-state index in [9.17, 15) is 4.79 Å². The van der Waals surface area contributed by atoms with Crippen molar-refractivity contribution in [3.63, 3.8) is 0 Å². The molecule has 0 N–H and O–H groups in total. The molecule has 0 atom stereocenters. The van der Waals surface area contributed by atoms with Crippen molar-refractivity contribution in [2.24, 2.45) is 0 Å². The second-order valence-corrected chi connectivity index (χ2v) is 5.39. The molecule has 0 bridgehead atoms. The highest BCUT2D eigenvalue weighted by atomic mass is 16.3. The third-order valence-corrected chi connectivity index (χ3v) is 3.58. The molecule has 0 spiro atoms. The molecule has 0 aromatic carbocycles.